The summed E-state index contributed by atoms with van der Waals surface area (Å²) < 4.78 is 39.8. The normalized spacial score (nSPS) is 15.0. The fourth-order valence-electron chi connectivity index (χ4n) is 2.56. The van der Waals surface area contributed by atoms with Gasteiger partial charge in [0.25, 0.3) is 0 Å². The molecule has 0 saturated heterocycles. The van der Waals surface area contributed by atoms with Crippen molar-refractivity contribution in [1.82, 2.24) is 0 Å². The van der Waals surface area contributed by atoms with Crippen LogP contribution < -0.4 is 5.73 Å². The minimum Gasteiger partial charge on any atom is -0.324 e. The third-order valence-corrected chi connectivity index (χ3v) is 4.34. The van der Waals surface area contributed by atoms with Crippen LogP contribution in [0.25, 0.3) is 0 Å². The van der Waals surface area contributed by atoms with E-state index in [0.29, 0.717) is 16.8 Å². The first-order valence-electron chi connectivity index (χ1n) is 7.41. The Hall–Kier alpha value is -0.550. The van der Waals surface area contributed by atoms with Crippen LogP contribution in [0.15, 0.2) is 22.7 Å². The van der Waals surface area contributed by atoms with Gasteiger partial charge in [-0.05, 0) is 30.0 Å². The van der Waals surface area contributed by atoms with Gasteiger partial charge in [0.2, 0.25) is 0 Å². The maximum absolute atomic E-state index is 13.1. The highest BCUT2D eigenvalue weighted by Crippen LogP contribution is 2.37. The van der Waals surface area contributed by atoms with E-state index >= 15 is 0 Å². The minimum atomic E-state index is -4.37. The molecule has 2 N–H and O–H groups in total. The zero-order chi connectivity index (χ0) is 16.0. The molecule has 2 atom stereocenters. The van der Waals surface area contributed by atoms with E-state index in [2.05, 4.69) is 29.8 Å². The van der Waals surface area contributed by atoms with Crippen LogP contribution in [0.3, 0.4) is 0 Å². The second-order valence-corrected chi connectivity index (χ2v) is 6.40. The molecule has 0 aliphatic carbocycles. The van der Waals surface area contributed by atoms with Crippen molar-refractivity contribution >= 4 is 15.9 Å². The molecule has 1 aromatic carbocycles. The Morgan fingerprint density at radius 2 is 1.90 bits per heavy atom. The van der Waals surface area contributed by atoms with Crippen molar-refractivity contribution in [2.75, 3.05) is 0 Å². The minimum absolute atomic E-state index is 0.195. The number of hydrogen-bond acceptors (Lipinski definition) is 1. The summed E-state index contributed by atoms with van der Waals surface area (Å²) in [6.07, 6.45) is 0.392. The molecule has 0 aromatic heterocycles. The van der Waals surface area contributed by atoms with E-state index in [4.69, 9.17) is 5.73 Å². The fraction of sp³-hybridized carbons (Fsp3) is 0.625. The van der Waals surface area contributed by atoms with Crippen molar-refractivity contribution in [1.29, 1.82) is 0 Å². The molecule has 0 bridgehead atoms. The SMILES string of the molecule is CCCCC(CC)CC(N)c1ccc(Br)cc1C(F)(F)F. The number of unbranched alkanes of at least 4 members (excludes halogenated alkanes) is 1. The number of benzene rings is 1. The molecular weight excluding hydrogens is 343 g/mol. The van der Waals surface area contributed by atoms with Gasteiger partial charge in [0, 0.05) is 10.5 Å². The van der Waals surface area contributed by atoms with Gasteiger partial charge in [-0.1, -0.05) is 61.5 Å². The summed E-state index contributed by atoms with van der Waals surface area (Å²) in [4.78, 5) is 0. The molecule has 1 nitrogen and oxygen atoms in total. The molecule has 0 spiro atoms. The quantitative estimate of drug-likeness (QED) is 0.622. The third-order valence-electron chi connectivity index (χ3n) is 3.85. The van der Waals surface area contributed by atoms with Crippen LogP contribution in [0.1, 0.15) is 63.1 Å². The smallest absolute Gasteiger partial charge is 0.324 e. The monoisotopic (exact) mass is 365 g/mol. The first-order chi connectivity index (χ1) is 9.79. The Morgan fingerprint density at radius 3 is 2.43 bits per heavy atom. The van der Waals surface area contributed by atoms with Gasteiger partial charge in [0.1, 0.15) is 0 Å². The second kappa shape index (κ2) is 8.18. The van der Waals surface area contributed by atoms with Crippen LogP contribution in [0, 0.1) is 5.92 Å². The number of nitrogens with two attached hydrogens (primary N) is 1. The van der Waals surface area contributed by atoms with Gasteiger partial charge >= 0.3 is 6.18 Å². The average molecular weight is 366 g/mol. The summed E-state index contributed by atoms with van der Waals surface area (Å²) in [5, 5.41) is 0. The lowest BCUT2D eigenvalue weighted by Gasteiger charge is -2.23. The molecular formula is C16H23BrF3N. The molecule has 0 heterocycles. The first-order valence-corrected chi connectivity index (χ1v) is 8.21. The van der Waals surface area contributed by atoms with Crippen molar-refractivity contribution in [2.24, 2.45) is 11.7 Å². The van der Waals surface area contributed by atoms with Crippen molar-refractivity contribution in [3.05, 3.63) is 33.8 Å². The molecule has 0 aliphatic heterocycles. The van der Waals surface area contributed by atoms with Gasteiger partial charge in [-0.25, -0.2) is 0 Å². The molecule has 120 valence electrons. The highest BCUT2D eigenvalue weighted by molar-refractivity contribution is 9.10. The average Bonchev–Trinajstić information content (AvgIpc) is 2.42. The van der Waals surface area contributed by atoms with Gasteiger partial charge in [-0.15, -0.1) is 0 Å². The molecule has 1 rings (SSSR count). The standard InChI is InChI=1S/C16H23BrF3N/c1-3-5-6-11(4-2)9-15(21)13-8-7-12(17)10-14(13)16(18,19)20/h7-8,10-11,15H,3-6,9,21H2,1-2H3. The fourth-order valence-corrected chi connectivity index (χ4v) is 2.93. The molecule has 2 unspecified atom stereocenters. The lowest BCUT2D eigenvalue weighted by atomic mass is 9.88. The summed E-state index contributed by atoms with van der Waals surface area (Å²) >= 11 is 3.10. The van der Waals surface area contributed by atoms with Gasteiger partial charge in [-0.3, -0.25) is 0 Å². The molecule has 0 fully saturated rings. The Balaban J connectivity index is 2.93. The molecule has 0 saturated carbocycles. The van der Waals surface area contributed by atoms with E-state index in [-0.39, 0.29) is 5.56 Å². The van der Waals surface area contributed by atoms with Crippen molar-refractivity contribution < 1.29 is 13.2 Å². The highest BCUT2D eigenvalue weighted by atomic mass is 79.9. The van der Waals surface area contributed by atoms with Crippen molar-refractivity contribution in [3.63, 3.8) is 0 Å². The number of rotatable bonds is 7. The van der Waals surface area contributed by atoms with Crippen LogP contribution in [-0.4, -0.2) is 0 Å². The zero-order valence-electron chi connectivity index (χ0n) is 12.5. The number of halogens is 4. The van der Waals surface area contributed by atoms with E-state index < -0.39 is 17.8 Å². The van der Waals surface area contributed by atoms with Crippen molar-refractivity contribution in [3.8, 4) is 0 Å². The predicted octanol–water partition coefficient (Wildman–Crippen LogP) is 6.07. The lowest BCUT2D eigenvalue weighted by Crippen LogP contribution is -2.20. The Labute approximate surface area is 133 Å². The third kappa shape index (κ3) is 5.62. The summed E-state index contributed by atoms with van der Waals surface area (Å²) in [5.74, 6) is 0.379. The van der Waals surface area contributed by atoms with Gasteiger partial charge < -0.3 is 5.73 Å². The largest absolute Gasteiger partial charge is 0.416 e. The lowest BCUT2D eigenvalue weighted by molar-refractivity contribution is -0.138. The maximum atomic E-state index is 13.1. The Kier molecular flexibility index (Phi) is 7.21. The topological polar surface area (TPSA) is 26.0 Å². The van der Waals surface area contributed by atoms with E-state index in [1.807, 2.05) is 0 Å². The second-order valence-electron chi connectivity index (χ2n) is 5.49. The van der Waals surface area contributed by atoms with E-state index in [1.165, 1.54) is 6.07 Å². The molecule has 0 aliphatic rings. The van der Waals surface area contributed by atoms with E-state index in [0.717, 1.165) is 31.7 Å². The van der Waals surface area contributed by atoms with Crippen molar-refractivity contribution in [2.45, 2.75) is 58.2 Å². The summed E-state index contributed by atoms with van der Waals surface area (Å²) in [7, 11) is 0. The first kappa shape index (κ1) is 18.5. The molecule has 21 heavy (non-hydrogen) atoms. The predicted molar refractivity (Wildman–Crippen MR) is 84.0 cm³/mol. The van der Waals surface area contributed by atoms with Crippen LogP contribution >= 0.6 is 15.9 Å². The van der Waals surface area contributed by atoms with Gasteiger partial charge in [0.15, 0.2) is 0 Å². The summed E-state index contributed by atoms with van der Waals surface area (Å²) in [6, 6.07) is 3.65. The summed E-state index contributed by atoms with van der Waals surface area (Å²) in [5.41, 5.74) is 5.64. The van der Waals surface area contributed by atoms with Gasteiger partial charge in [0.05, 0.1) is 5.56 Å². The van der Waals surface area contributed by atoms with E-state index in [1.54, 1.807) is 6.07 Å². The zero-order valence-corrected chi connectivity index (χ0v) is 14.1. The molecule has 0 amide bonds. The van der Waals surface area contributed by atoms with Crippen LogP contribution in [0.2, 0.25) is 0 Å². The van der Waals surface area contributed by atoms with E-state index in [9.17, 15) is 13.2 Å². The Morgan fingerprint density at radius 1 is 1.24 bits per heavy atom. The molecule has 0 radical (unpaired) electrons. The van der Waals surface area contributed by atoms with Crippen LogP contribution in [0.5, 0.6) is 0 Å². The highest BCUT2D eigenvalue weighted by Gasteiger charge is 2.35. The maximum Gasteiger partial charge on any atom is 0.416 e. The van der Waals surface area contributed by atoms with Crippen LogP contribution in [-0.2, 0) is 6.18 Å². The summed E-state index contributed by atoms with van der Waals surface area (Å²) in [6.45, 7) is 4.18. The van der Waals surface area contributed by atoms with Gasteiger partial charge in [-0.2, -0.15) is 13.2 Å². The van der Waals surface area contributed by atoms with Crippen LogP contribution in [0.4, 0.5) is 13.2 Å². The number of alkyl halides is 3. The Bertz CT molecular complexity index is 446. The number of hydrogen-bond donors (Lipinski definition) is 1. The molecule has 5 heteroatoms. The molecule has 1 aromatic rings.